The molecule has 0 aliphatic rings. The zero-order chi connectivity index (χ0) is 20.1. The van der Waals surface area contributed by atoms with Gasteiger partial charge in [-0.2, -0.15) is 13.2 Å². The van der Waals surface area contributed by atoms with Crippen LogP contribution in [0.4, 0.5) is 18.9 Å². The number of aliphatic hydroxyl groups is 1. The summed E-state index contributed by atoms with van der Waals surface area (Å²) in [6, 6.07) is 9.78. The van der Waals surface area contributed by atoms with E-state index in [9.17, 15) is 21.6 Å². The highest BCUT2D eigenvalue weighted by Gasteiger charge is 2.35. The fourth-order valence-electron chi connectivity index (χ4n) is 2.13. The van der Waals surface area contributed by atoms with E-state index in [1.54, 1.807) is 24.3 Å². The first-order valence-corrected chi connectivity index (χ1v) is 9.38. The normalized spacial score (nSPS) is 12.3. The molecular weight excluding hydrogens is 383 g/mol. The number of anilines is 1. The Bertz CT molecular complexity index is 907. The number of nitrogens with one attached hydrogen (secondary N) is 1. The molecule has 2 aromatic rings. The molecule has 0 saturated heterocycles. The molecule has 0 fully saturated rings. The summed E-state index contributed by atoms with van der Waals surface area (Å²) in [7, 11) is -4.17. The van der Waals surface area contributed by atoms with E-state index < -0.39 is 27.5 Å². The Hall–Kier alpha value is -2.52. The van der Waals surface area contributed by atoms with Gasteiger partial charge >= 0.3 is 6.18 Å². The summed E-state index contributed by atoms with van der Waals surface area (Å²) in [5.74, 6) is -0.130. The molecule has 0 aromatic heterocycles. The van der Waals surface area contributed by atoms with Crippen molar-refractivity contribution in [1.82, 2.24) is 0 Å². The van der Waals surface area contributed by atoms with E-state index in [-0.39, 0.29) is 19.0 Å². The molecule has 0 bridgehead atoms. The van der Waals surface area contributed by atoms with E-state index in [0.717, 1.165) is 17.0 Å². The zero-order valence-electron chi connectivity index (χ0n) is 14.3. The molecule has 2 aromatic carbocycles. The highest BCUT2D eigenvalue weighted by Crippen LogP contribution is 2.37. The highest BCUT2D eigenvalue weighted by atomic mass is 32.2. The lowest BCUT2D eigenvalue weighted by molar-refractivity contribution is -0.137. The number of hydrogen-bond acceptors (Lipinski definition) is 4. The molecule has 0 spiro atoms. The molecule has 0 radical (unpaired) electrons. The van der Waals surface area contributed by atoms with Crippen LogP contribution in [0.25, 0.3) is 6.08 Å². The third-order valence-corrected chi connectivity index (χ3v) is 4.42. The van der Waals surface area contributed by atoms with E-state index in [2.05, 4.69) is 0 Å². The number of hydrogen-bond donors (Lipinski definition) is 2. The lowest BCUT2D eigenvalue weighted by atomic mass is 10.1. The molecule has 5 nitrogen and oxygen atoms in total. The molecule has 0 amide bonds. The summed E-state index contributed by atoms with van der Waals surface area (Å²) >= 11 is 0. The fourth-order valence-corrected chi connectivity index (χ4v) is 3.02. The molecule has 2 rings (SSSR count). The summed E-state index contributed by atoms with van der Waals surface area (Å²) in [6.07, 6.45) is -3.51. The van der Waals surface area contributed by atoms with Crippen LogP contribution in [-0.4, -0.2) is 26.7 Å². The highest BCUT2D eigenvalue weighted by molar-refractivity contribution is 7.95. The standard InChI is InChI=1S/C18H18F3NO4S/c1-13-2-4-14(5-3-13)8-11-27(24,25)22-17-7-6-15(26-10-9-23)12-16(17)18(19,20)21/h2-8,11-12,22-23H,9-10H2,1H3/b11-8+. The van der Waals surface area contributed by atoms with Crippen molar-refractivity contribution in [2.24, 2.45) is 0 Å². The number of aliphatic hydroxyl groups excluding tert-OH is 1. The minimum Gasteiger partial charge on any atom is -0.491 e. The second-order valence-corrected chi connectivity index (χ2v) is 7.20. The maximum Gasteiger partial charge on any atom is 0.418 e. The topological polar surface area (TPSA) is 75.6 Å². The molecule has 0 heterocycles. The maximum atomic E-state index is 13.3. The SMILES string of the molecule is Cc1ccc(/C=C/S(=O)(=O)Nc2ccc(OCCO)cc2C(F)(F)F)cc1. The Morgan fingerprint density at radius 3 is 2.41 bits per heavy atom. The van der Waals surface area contributed by atoms with Gasteiger partial charge in [-0.1, -0.05) is 29.8 Å². The maximum absolute atomic E-state index is 13.3. The minimum atomic E-state index is -4.79. The van der Waals surface area contributed by atoms with Gasteiger partial charge in [0.25, 0.3) is 10.0 Å². The number of halogens is 3. The van der Waals surface area contributed by atoms with Gasteiger partial charge in [-0.3, -0.25) is 4.72 Å². The first-order chi connectivity index (χ1) is 12.6. The number of ether oxygens (including phenoxy) is 1. The zero-order valence-corrected chi connectivity index (χ0v) is 15.1. The quantitative estimate of drug-likeness (QED) is 0.740. The van der Waals surface area contributed by atoms with Gasteiger partial charge in [0, 0.05) is 0 Å². The third-order valence-electron chi connectivity index (χ3n) is 3.43. The second-order valence-electron chi connectivity index (χ2n) is 5.64. The van der Waals surface area contributed by atoms with Crippen LogP contribution in [0.15, 0.2) is 47.9 Å². The smallest absolute Gasteiger partial charge is 0.418 e. The Balaban J connectivity index is 2.27. The minimum absolute atomic E-state index is 0.130. The van der Waals surface area contributed by atoms with Crippen LogP contribution in [0.3, 0.4) is 0 Å². The van der Waals surface area contributed by atoms with E-state index in [0.29, 0.717) is 11.6 Å². The van der Waals surface area contributed by atoms with Crippen LogP contribution in [0.5, 0.6) is 5.75 Å². The predicted molar refractivity (Wildman–Crippen MR) is 96.8 cm³/mol. The van der Waals surface area contributed by atoms with E-state index in [1.807, 2.05) is 11.6 Å². The van der Waals surface area contributed by atoms with Crippen molar-refractivity contribution in [3.8, 4) is 5.75 Å². The fraction of sp³-hybridized carbons (Fsp3) is 0.222. The van der Waals surface area contributed by atoms with Crippen molar-refractivity contribution in [3.63, 3.8) is 0 Å². The van der Waals surface area contributed by atoms with Crippen molar-refractivity contribution < 1.29 is 31.4 Å². The van der Waals surface area contributed by atoms with Crippen molar-refractivity contribution in [2.75, 3.05) is 17.9 Å². The van der Waals surface area contributed by atoms with Crippen LogP contribution in [0.1, 0.15) is 16.7 Å². The molecule has 0 aliphatic carbocycles. The Labute approximate surface area is 155 Å². The summed E-state index contributed by atoms with van der Waals surface area (Å²) in [5.41, 5.74) is -0.223. The lowest BCUT2D eigenvalue weighted by Gasteiger charge is -2.15. The first-order valence-electron chi connectivity index (χ1n) is 7.83. The average Bonchev–Trinajstić information content (AvgIpc) is 2.59. The van der Waals surface area contributed by atoms with Gasteiger partial charge in [0.15, 0.2) is 0 Å². The molecule has 27 heavy (non-hydrogen) atoms. The van der Waals surface area contributed by atoms with E-state index in [1.165, 1.54) is 12.1 Å². The second kappa shape index (κ2) is 8.45. The first kappa shape index (κ1) is 20.8. The number of rotatable bonds is 7. The van der Waals surface area contributed by atoms with Crippen molar-refractivity contribution >= 4 is 21.8 Å². The van der Waals surface area contributed by atoms with Gasteiger partial charge in [0.2, 0.25) is 0 Å². The molecular formula is C18H18F3NO4S. The van der Waals surface area contributed by atoms with Gasteiger partial charge in [0.05, 0.1) is 23.3 Å². The third kappa shape index (κ3) is 6.30. The van der Waals surface area contributed by atoms with Gasteiger partial charge < -0.3 is 9.84 Å². The number of alkyl halides is 3. The summed E-state index contributed by atoms with van der Waals surface area (Å²) < 4.78 is 70.9. The van der Waals surface area contributed by atoms with Crippen molar-refractivity contribution in [3.05, 3.63) is 64.6 Å². The summed E-state index contributed by atoms with van der Waals surface area (Å²) in [6.45, 7) is 1.33. The Morgan fingerprint density at radius 2 is 1.81 bits per heavy atom. The van der Waals surface area contributed by atoms with Crippen LogP contribution in [0, 0.1) is 6.92 Å². The van der Waals surface area contributed by atoms with Crippen LogP contribution in [-0.2, 0) is 16.2 Å². The van der Waals surface area contributed by atoms with Gasteiger partial charge in [-0.25, -0.2) is 8.42 Å². The van der Waals surface area contributed by atoms with Gasteiger partial charge in [-0.15, -0.1) is 0 Å². The average molecular weight is 401 g/mol. The molecule has 9 heteroatoms. The summed E-state index contributed by atoms with van der Waals surface area (Å²) in [5, 5.41) is 9.49. The van der Waals surface area contributed by atoms with Crippen molar-refractivity contribution in [2.45, 2.75) is 13.1 Å². The number of benzene rings is 2. The van der Waals surface area contributed by atoms with Crippen LogP contribution < -0.4 is 9.46 Å². The molecule has 146 valence electrons. The number of aryl methyl sites for hydroxylation is 1. The molecule has 0 aliphatic heterocycles. The van der Waals surface area contributed by atoms with E-state index >= 15 is 0 Å². The summed E-state index contributed by atoms with van der Waals surface area (Å²) in [4.78, 5) is 0. The van der Waals surface area contributed by atoms with E-state index in [4.69, 9.17) is 9.84 Å². The monoisotopic (exact) mass is 401 g/mol. The Kier molecular flexibility index (Phi) is 6.50. The largest absolute Gasteiger partial charge is 0.491 e. The number of sulfonamides is 1. The molecule has 2 N–H and O–H groups in total. The molecule has 0 saturated carbocycles. The van der Waals surface area contributed by atoms with Crippen LogP contribution in [0.2, 0.25) is 0 Å². The molecule has 0 unspecified atom stereocenters. The lowest BCUT2D eigenvalue weighted by Crippen LogP contribution is -2.15. The molecule has 0 atom stereocenters. The van der Waals surface area contributed by atoms with Crippen molar-refractivity contribution in [1.29, 1.82) is 0 Å². The predicted octanol–water partition coefficient (Wildman–Crippen LogP) is 3.80. The van der Waals surface area contributed by atoms with Gasteiger partial charge in [-0.05, 0) is 36.8 Å². The van der Waals surface area contributed by atoms with Gasteiger partial charge in [0.1, 0.15) is 12.4 Å². The Morgan fingerprint density at radius 1 is 1.15 bits per heavy atom. The van der Waals surface area contributed by atoms with Crippen LogP contribution >= 0.6 is 0 Å².